The fourth-order valence-electron chi connectivity index (χ4n) is 11.5. The van der Waals surface area contributed by atoms with Crippen LogP contribution >= 0.6 is 22.6 Å². The monoisotopic (exact) mass is 1410 g/mol. The van der Waals surface area contributed by atoms with Gasteiger partial charge in [0.25, 0.3) is 0 Å². The number of nitrogens with one attached hydrogen (secondary N) is 3. The number of morpholine rings is 2. The molecule has 8 aromatic heterocycles. The Bertz CT molecular complexity index is 4470. The van der Waals surface area contributed by atoms with Crippen molar-refractivity contribution in [2.75, 3.05) is 73.0 Å². The van der Waals surface area contributed by atoms with E-state index in [-0.39, 0.29) is 21.8 Å². The van der Waals surface area contributed by atoms with Gasteiger partial charge in [-0.3, -0.25) is 15.1 Å². The zero-order valence-electron chi connectivity index (χ0n) is 55.2. The molecule has 0 spiro atoms. The van der Waals surface area contributed by atoms with Gasteiger partial charge < -0.3 is 44.0 Å². The summed E-state index contributed by atoms with van der Waals surface area (Å²) in [6.07, 6.45) is 6.43. The Kier molecular flexibility index (Phi) is 19.6. The first-order chi connectivity index (χ1) is 45.2. The molecule has 0 aliphatic carbocycles. The van der Waals surface area contributed by atoms with Gasteiger partial charge in [0.15, 0.2) is 0 Å². The second kappa shape index (κ2) is 27.6. The first-order valence-corrected chi connectivity index (χ1v) is 32.2. The summed E-state index contributed by atoms with van der Waals surface area (Å²) in [6, 6.07) is 19.1. The van der Waals surface area contributed by atoms with E-state index in [1.165, 1.54) is 16.8 Å². The summed E-state index contributed by atoms with van der Waals surface area (Å²) in [5, 5.41) is 19.1. The normalized spacial score (nSPS) is 15.3. The van der Waals surface area contributed by atoms with Crippen LogP contribution in [0.4, 0.5) is 56.7 Å². The van der Waals surface area contributed by atoms with Crippen LogP contribution in [-0.2, 0) is 23.5 Å². The molecule has 13 rings (SSSR count). The van der Waals surface area contributed by atoms with Gasteiger partial charge in [-0.1, -0.05) is 12.1 Å². The molecule has 11 heterocycles. The standard InChI is InChI=1S/C29H27F2N7O.C24H20F2IN5O.C16H27BN2O4/c1-16-28(22-6-4-5-7-32-22)35-24-13-19(30)12-21(31)27(24)29(16)34-23-14-25(38-8-10-39-11-9-38)33-15-20(23)26-17(2)36-37-18(26)3;1-14-23(18-4-2-3-5-28-18)31-20-11-15(25)10-16(26)22(20)24(14)30-19-12-21(29-13-17(19)27)32-6-8-33-9-7-32;1-10-12(17-22-15(6,7)16(8,9)23-17)11(2)19(18-10)13(20)21-14(3,4)5/h4-7,12-15H,8-11H2,1-3H3,(H,36,37)(H,33,34,35);2-5,10-13H,6-9H2,1H3,(H,29,30,31);1-9H3. The number of benzene rings is 2. The van der Waals surface area contributed by atoms with Gasteiger partial charge in [-0.2, -0.15) is 14.9 Å². The molecule has 3 N–H and O–H groups in total. The molecule has 26 heteroatoms. The SMILES string of the molecule is Cc1c(-c2ccccn2)nc2cc(F)cc(F)c2c1Nc1cc(N2CCOCC2)ncc1I.Cc1n[nH]c(C)c1-c1cnc(N2CCOCC2)cc1Nc1c(C)c(-c2ccccn2)nc2cc(F)cc(F)c12.Cc1nn(C(=O)OC(C)(C)C)c(C)c1B1OC(C)(C)C(C)(C)O1. The van der Waals surface area contributed by atoms with E-state index < -0.39 is 53.3 Å². The number of ether oxygens (including phenoxy) is 3. The Morgan fingerprint density at radius 2 is 1.14 bits per heavy atom. The van der Waals surface area contributed by atoms with E-state index in [9.17, 15) is 13.6 Å². The molecule has 0 radical (unpaired) electrons. The Morgan fingerprint density at radius 1 is 0.653 bits per heavy atom. The number of H-pyrrole nitrogens is 1. The minimum Gasteiger partial charge on any atom is -0.442 e. The van der Waals surface area contributed by atoms with Crippen molar-refractivity contribution in [2.24, 2.45) is 0 Å². The smallest absolute Gasteiger partial charge is 0.442 e. The highest BCUT2D eigenvalue weighted by atomic mass is 127. The molecule has 3 saturated heterocycles. The van der Waals surface area contributed by atoms with Crippen molar-refractivity contribution >= 4 is 97.5 Å². The average Bonchev–Trinajstić information content (AvgIpc) is 1.64. The van der Waals surface area contributed by atoms with Crippen molar-refractivity contribution in [3.05, 3.63) is 158 Å². The lowest BCUT2D eigenvalue weighted by atomic mass is 9.77. The molecule has 0 amide bonds. The van der Waals surface area contributed by atoms with E-state index in [1.54, 1.807) is 18.6 Å². The third-order valence-electron chi connectivity index (χ3n) is 17.0. The van der Waals surface area contributed by atoms with Gasteiger partial charge in [0, 0.05) is 126 Å². The van der Waals surface area contributed by atoms with Crippen LogP contribution in [0.2, 0.25) is 0 Å². The summed E-state index contributed by atoms with van der Waals surface area (Å²) < 4.78 is 89.5. The summed E-state index contributed by atoms with van der Waals surface area (Å²) in [4.78, 5) is 44.0. The summed E-state index contributed by atoms with van der Waals surface area (Å²) in [7, 11) is -0.545. The van der Waals surface area contributed by atoms with Gasteiger partial charge >= 0.3 is 13.2 Å². The number of carbonyl (C=O) groups excluding carboxylic acids is 1. The molecule has 0 saturated carbocycles. The van der Waals surface area contributed by atoms with E-state index in [0.29, 0.717) is 102 Å². The van der Waals surface area contributed by atoms with Crippen LogP contribution in [0, 0.1) is 68.4 Å². The molecule has 3 aliphatic heterocycles. The Balaban J connectivity index is 0.000000150. The van der Waals surface area contributed by atoms with Gasteiger partial charge in [-0.25, -0.2) is 42.3 Å². The number of carbonyl (C=O) groups is 1. The van der Waals surface area contributed by atoms with Crippen LogP contribution in [0.25, 0.3) is 55.7 Å². The average molecular weight is 1410 g/mol. The van der Waals surface area contributed by atoms with E-state index in [1.807, 2.05) is 145 Å². The number of hydrogen-bond donors (Lipinski definition) is 3. The summed E-state index contributed by atoms with van der Waals surface area (Å²) >= 11 is 2.19. The molecule has 494 valence electrons. The fraction of sp³-hybridized carbons (Fsp3) is 0.348. The van der Waals surface area contributed by atoms with E-state index in [2.05, 4.69) is 83.2 Å². The second-order valence-corrected chi connectivity index (χ2v) is 26.5. The number of nitrogens with zero attached hydrogens (tertiary/aromatic N) is 11. The lowest BCUT2D eigenvalue weighted by molar-refractivity contribution is 0.00578. The maximum atomic E-state index is 15.4. The minimum absolute atomic E-state index is 0.195. The van der Waals surface area contributed by atoms with E-state index in [0.717, 1.165) is 74.1 Å². The molecule has 0 unspecified atom stereocenters. The lowest BCUT2D eigenvalue weighted by Crippen LogP contribution is -2.41. The molecule has 10 aromatic rings. The first-order valence-electron chi connectivity index (χ1n) is 31.1. The number of aromatic nitrogens is 10. The van der Waals surface area contributed by atoms with Gasteiger partial charge in [-0.05, 0) is 137 Å². The van der Waals surface area contributed by atoms with Crippen molar-refractivity contribution in [3.8, 4) is 33.9 Å². The van der Waals surface area contributed by atoms with Crippen LogP contribution in [-0.4, -0.2) is 133 Å². The van der Waals surface area contributed by atoms with Crippen molar-refractivity contribution in [3.63, 3.8) is 0 Å². The van der Waals surface area contributed by atoms with Gasteiger partial charge in [-0.15, -0.1) is 0 Å². The number of aryl methyl sites for hydroxylation is 3. The van der Waals surface area contributed by atoms with Crippen molar-refractivity contribution < 1.29 is 45.9 Å². The highest BCUT2D eigenvalue weighted by molar-refractivity contribution is 14.1. The highest BCUT2D eigenvalue weighted by Crippen LogP contribution is 2.43. The first kappa shape index (κ1) is 67.7. The number of pyridine rings is 6. The van der Waals surface area contributed by atoms with Crippen LogP contribution in [0.3, 0.4) is 0 Å². The van der Waals surface area contributed by atoms with Gasteiger partial charge in [0.05, 0.1) is 120 Å². The van der Waals surface area contributed by atoms with Gasteiger partial charge in [0.1, 0.15) is 40.5 Å². The molecule has 3 fully saturated rings. The third kappa shape index (κ3) is 14.5. The predicted molar refractivity (Wildman–Crippen MR) is 369 cm³/mol. The lowest BCUT2D eigenvalue weighted by Gasteiger charge is -2.32. The van der Waals surface area contributed by atoms with E-state index >= 15 is 8.78 Å². The summed E-state index contributed by atoms with van der Waals surface area (Å²) in [6.45, 7) is 30.2. The van der Waals surface area contributed by atoms with Crippen LogP contribution < -0.4 is 25.9 Å². The Hall–Kier alpha value is -8.70. The molecule has 20 nitrogen and oxygen atoms in total. The van der Waals surface area contributed by atoms with Crippen molar-refractivity contribution in [1.29, 1.82) is 0 Å². The van der Waals surface area contributed by atoms with Crippen molar-refractivity contribution in [1.82, 2.24) is 49.9 Å². The molecular weight excluding hydrogens is 1330 g/mol. The van der Waals surface area contributed by atoms with Crippen molar-refractivity contribution in [2.45, 2.75) is 107 Å². The third-order valence-corrected chi connectivity index (χ3v) is 17.9. The number of fused-ring (bicyclic) bond motifs is 2. The van der Waals surface area contributed by atoms with E-state index in [4.69, 9.17) is 28.5 Å². The topological polar surface area (TPSA) is 218 Å². The Morgan fingerprint density at radius 3 is 1.60 bits per heavy atom. The highest BCUT2D eigenvalue weighted by Gasteiger charge is 2.53. The fourth-order valence-corrected chi connectivity index (χ4v) is 11.9. The molecule has 2 aromatic carbocycles. The largest absolute Gasteiger partial charge is 0.498 e. The summed E-state index contributed by atoms with van der Waals surface area (Å²) in [5.41, 5.74) is 10.8. The predicted octanol–water partition coefficient (Wildman–Crippen LogP) is 13.9. The number of halogens is 5. The zero-order chi connectivity index (χ0) is 67.8. The second-order valence-electron chi connectivity index (χ2n) is 25.3. The molecule has 3 aliphatic rings. The molecular formula is C69H74BF4IN14O6. The number of aromatic amines is 1. The van der Waals surface area contributed by atoms with Gasteiger partial charge in [0.2, 0.25) is 0 Å². The molecule has 95 heavy (non-hydrogen) atoms. The van der Waals surface area contributed by atoms with Crippen LogP contribution in [0.1, 0.15) is 82.4 Å². The van der Waals surface area contributed by atoms with Crippen LogP contribution in [0.15, 0.2) is 97.6 Å². The maximum Gasteiger partial charge on any atom is 0.498 e. The minimum atomic E-state index is -0.699. The summed E-state index contributed by atoms with van der Waals surface area (Å²) in [5.74, 6) is -1.16. The number of rotatable bonds is 10. The Labute approximate surface area is 562 Å². The maximum absolute atomic E-state index is 15.4. The zero-order valence-corrected chi connectivity index (χ0v) is 57.4. The molecule has 0 bridgehead atoms. The quantitative estimate of drug-likeness (QED) is 0.0659. The van der Waals surface area contributed by atoms with Crippen LogP contribution in [0.5, 0.6) is 0 Å². The number of anilines is 6. The molecule has 0 atom stereocenters. The number of hydrogen-bond acceptors (Lipinski definition) is 18.